The van der Waals surface area contributed by atoms with Crippen LogP contribution in [-0.4, -0.2) is 78.9 Å². The summed E-state index contributed by atoms with van der Waals surface area (Å²) in [7, 11) is -1.72. The molecule has 3 saturated heterocycles. The third-order valence-corrected chi connectivity index (χ3v) is 6.74. The van der Waals surface area contributed by atoms with E-state index in [1.807, 2.05) is 29.3 Å². The second kappa shape index (κ2) is 8.02. The van der Waals surface area contributed by atoms with Gasteiger partial charge in [-0.1, -0.05) is 6.07 Å². The van der Waals surface area contributed by atoms with E-state index in [-0.39, 0.29) is 24.9 Å². The molecule has 0 N–H and O–H groups in total. The Balaban J connectivity index is 1.60. The van der Waals surface area contributed by atoms with Crippen molar-refractivity contribution in [2.24, 2.45) is 5.92 Å². The lowest BCUT2D eigenvalue weighted by Crippen LogP contribution is -2.48. The Morgan fingerprint density at radius 3 is 2.77 bits per heavy atom. The van der Waals surface area contributed by atoms with Crippen molar-refractivity contribution in [3.63, 3.8) is 0 Å². The Kier molecular flexibility index (Phi) is 5.94. The van der Waals surface area contributed by atoms with Gasteiger partial charge in [0.1, 0.15) is 0 Å². The van der Waals surface area contributed by atoms with Gasteiger partial charge in [-0.25, -0.2) is 12.7 Å². The number of hydrogen-bond donors (Lipinski definition) is 0. The fourth-order valence-electron chi connectivity index (χ4n) is 3.90. The molecule has 0 radical (unpaired) electrons. The van der Waals surface area contributed by atoms with E-state index in [9.17, 15) is 13.2 Å². The van der Waals surface area contributed by atoms with Gasteiger partial charge in [-0.05, 0) is 30.9 Å². The van der Waals surface area contributed by atoms with Gasteiger partial charge >= 0.3 is 0 Å². The van der Waals surface area contributed by atoms with E-state index in [2.05, 4.69) is 9.88 Å². The first-order valence-corrected chi connectivity index (χ1v) is 11.0. The highest BCUT2D eigenvalue weighted by Gasteiger charge is 2.37. The first-order chi connectivity index (χ1) is 12.3. The Labute approximate surface area is 156 Å². The normalized spacial score (nSPS) is 24.0. The SMILES string of the molecule is CN(CCC(=O)N1C[C@H]2CC[C@@H]1CN(Cc1ccccn1)C2)S(C)(=O)=O. The summed E-state index contributed by atoms with van der Waals surface area (Å²) < 4.78 is 24.3. The van der Waals surface area contributed by atoms with E-state index in [4.69, 9.17) is 0 Å². The molecule has 0 unspecified atom stereocenters. The summed E-state index contributed by atoms with van der Waals surface area (Å²) in [5.74, 6) is 0.545. The minimum Gasteiger partial charge on any atom is -0.338 e. The van der Waals surface area contributed by atoms with Crippen LogP contribution in [-0.2, 0) is 21.4 Å². The van der Waals surface area contributed by atoms with Crippen LogP contribution in [0.1, 0.15) is 25.0 Å². The van der Waals surface area contributed by atoms with Crippen molar-refractivity contribution in [2.75, 3.05) is 39.5 Å². The van der Waals surface area contributed by atoms with E-state index < -0.39 is 10.0 Å². The molecule has 144 valence electrons. The molecule has 1 aromatic heterocycles. The molecule has 2 bridgehead atoms. The first kappa shape index (κ1) is 19.3. The Morgan fingerprint density at radius 1 is 1.27 bits per heavy atom. The summed E-state index contributed by atoms with van der Waals surface area (Å²) in [6, 6.07) is 6.18. The molecule has 2 atom stereocenters. The Morgan fingerprint density at radius 2 is 2.08 bits per heavy atom. The molecule has 3 fully saturated rings. The van der Waals surface area contributed by atoms with Gasteiger partial charge in [0, 0.05) is 58.4 Å². The molecule has 7 nitrogen and oxygen atoms in total. The monoisotopic (exact) mass is 380 g/mol. The number of hydrogen-bond acceptors (Lipinski definition) is 5. The summed E-state index contributed by atoms with van der Waals surface area (Å²) in [6.45, 7) is 3.68. The van der Waals surface area contributed by atoms with Gasteiger partial charge in [-0.15, -0.1) is 0 Å². The number of nitrogens with zero attached hydrogens (tertiary/aromatic N) is 4. The molecule has 4 rings (SSSR count). The largest absolute Gasteiger partial charge is 0.338 e. The molecule has 1 aromatic rings. The number of pyridine rings is 1. The molecular weight excluding hydrogens is 352 g/mol. The van der Waals surface area contributed by atoms with E-state index in [1.54, 1.807) is 0 Å². The quantitative estimate of drug-likeness (QED) is 0.729. The maximum absolute atomic E-state index is 12.7. The lowest BCUT2D eigenvalue weighted by atomic mass is 9.94. The number of piperidine rings is 1. The molecule has 26 heavy (non-hydrogen) atoms. The standard InChI is InChI=1S/C18H28N4O3S/c1-20(26(2,24)25)10-8-18(23)22-12-15-6-7-17(22)14-21(11-15)13-16-5-3-4-9-19-16/h3-5,9,15,17H,6-8,10-14H2,1-2H3/t15-,17+/m0/s1. The summed E-state index contributed by atoms with van der Waals surface area (Å²) in [5.41, 5.74) is 1.06. The van der Waals surface area contributed by atoms with Gasteiger partial charge < -0.3 is 4.90 Å². The van der Waals surface area contributed by atoms with Crippen LogP contribution < -0.4 is 0 Å². The summed E-state index contributed by atoms with van der Waals surface area (Å²) >= 11 is 0. The van der Waals surface area contributed by atoms with Crippen molar-refractivity contribution < 1.29 is 13.2 Å². The fourth-order valence-corrected chi connectivity index (χ4v) is 4.32. The zero-order valence-electron chi connectivity index (χ0n) is 15.5. The minimum atomic E-state index is -3.24. The average molecular weight is 381 g/mol. The van der Waals surface area contributed by atoms with Crippen LogP contribution in [0.5, 0.6) is 0 Å². The molecule has 4 heterocycles. The second-order valence-electron chi connectivity index (χ2n) is 7.49. The van der Waals surface area contributed by atoms with Gasteiger partial charge in [0.15, 0.2) is 0 Å². The highest BCUT2D eigenvalue weighted by atomic mass is 32.2. The third-order valence-electron chi connectivity index (χ3n) is 5.43. The number of fused-ring (bicyclic) bond motifs is 4. The van der Waals surface area contributed by atoms with Crippen LogP contribution in [0, 0.1) is 5.92 Å². The molecule has 0 aliphatic carbocycles. The Hall–Kier alpha value is -1.51. The van der Waals surface area contributed by atoms with Crippen LogP contribution in [0.3, 0.4) is 0 Å². The molecule has 3 aliphatic heterocycles. The lowest BCUT2D eigenvalue weighted by molar-refractivity contribution is -0.135. The number of carbonyl (C=O) groups is 1. The van der Waals surface area contributed by atoms with E-state index in [0.29, 0.717) is 5.92 Å². The van der Waals surface area contributed by atoms with Gasteiger partial charge in [-0.2, -0.15) is 0 Å². The summed E-state index contributed by atoms with van der Waals surface area (Å²) in [5, 5.41) is 0. The smallest absolute Gasteiger partial charge is 0.224 e. The zero-order valence-corrected chi connectivity index (χ0v) is 16.4. The number of amides is 1. The average Bonchev–Trinajstić information content (AvgIpc) is 2.90. The minimum absolute atomic E-state index is 0.0647. The van der Waals surface area contributed by atoms with Crippen molar-refractivity contribution >= 4 is 15.9 Å². The molecule has 0 saturated carbocycles. The summed E-state index contributed by atoms with van der Waals surface area (Å²) in [4.78, 5) is 21.5. The van der Waals surface area contributed by atoms with Crippen LogP contribution >= 0.6 is 0 Å². The van der Waals surface area contributed by atoms with E-state index >= 15 is 0 Å². The highest BCUT2D eigenvalue weighted by Crippen LogP contribution is 2.29. The maximum atomic E-state index is 12.7. The molecule has 0 spiro atoms. The predicted molar refractivity (Wildman–Crippen MR) is 99.8 cm³/mol. The maximum Gasteiger partial charge on any atom is 0.224 e. The fraction of sp³-hybridized carbons (Fsp3) is 0.667. The van der Waals surface area contributed by atoms with Gasteiger partial charge in [0.2, 0.25) is 15.9 Å². The van der Waals surface area contributed by atoms with Gasteiger partial charge in [-0.3, -0.25) is 14.7 Å². The first-order valence-electron chi connectivity index (χ1n) is 9.16. The predicted octanol–water partition coefficient (Wildman–Crippen LogP) is 0.786. The van der Waals surface area contributed by atoms with Crippen LogP contribution in [0.4, 0.5) is 0 Å². The molecule has 1 amide bonds. The van der Waals surface area contributed by atoms with Gasteiger partial charge in [0.25, 0.3) is 0 Å². The van der Waals surface area contributed by atoms with Crippen molar-refractivity contribution in [3.05, 3.63) is 30.1 Å². The van der Waals surface area contributed by atoms with Crippen LogP contribution in [0.15, 0.2) is 24.4 Å². The lowest BCUT2D eigenvalue weighted by Gasteiger charge is -2.36. The van der Waals surface area contributed by atoms with E-state index in [0.717, 1.165) is 44.7 Å². The van der Waals surface area contributed by atoms with E-state index in [1.165, 1.54) is 17.6 Å². The number of carbonyl (C=O) groups excluding carboxylic acids is 1. The molecule has 0 aromatic carbocycles. The van der Waals surface area contributed by atoms with Crippen molar-refractivity contribution in [1.29, 1.82) is 0 Å². The summed E-state index contributed by atoms with van der Waals surface area (Å²) in [6.07, 6.45) is 5.40. The Bertz CT molecular complexity index is 725. The molecule has 8 heteroatoms. The number of sulfonamides is 1. The van der Waals surface area contributed by atoms with Gasteiger partial charge in [0.05, 0.1) is 11.9 Å². The second-order valence-corrected chi connectivity index (χ2v) is 9.58. The topological polar surface area (TPSA) is 73.8 Å². The number of rotatable bonds is 6. The third kappa shape index (κ3) is 4.81. The van der Waals surface area contributed by atoms with Crippen LogP contribution in [0.25, 0.3) is 0 Å². The van der Waals surface area contributed by atoms with Crippen molar-refractivity contribution in [3.8, 4) is 0 Å². The van der Waals surface area contributed by atoms with Crippen molar-refractivity contribution in [1.82, 2.24) is 19.1 Å². The van der Waals surface area contributed by atoms with Crippen molar-refractivity contribution in [2.45, 2.75) is 31.8 Å². The zero-order chi connectivity index (χ0) is 18.7. The molecule has 3 aliphatic rings. The molecular formula is C18H28N4O3S. The number of aromatic nitrogens is 1. The highest BCUT2D eigenvalue weighted by molar-refractivity contribution is 7.88. The van der Waals surface area contributed by atoms with Crippen LogP contribution in [0.2, 0.25) is 0 Å².